The summed E-state index contributed by atoms with van der Waals surface area (Å²) in [6, 6.07) is 22.7. The van der Waals surface area contributed by atoms with Crippen LogP contribution in [-0.4, -0.2) is 67.5 Å². The number of halogens is 1. The molecule has 7 nitrogen and oxygen atoms in total. The Morgan fingerprint density at radius 2 is 1.58 bits per heavy atom. The molecule has 0 aromatic heterocycles. The number of carbonyl (C=O) groups excluding carboxylic acids is 2. The van der Waals surface area contributed by atoms with Crippen molar-refractivity contribution in [1.29, 1.82) is 0 Å². The lowest BCUT2D eigenvalue weighted by Gasteiger charge is -2.34. The first kappa shape index (κ1) is 25.7. The zero-order chi connectivity index (χ0) is 25.3. The maximum absolute atomic E-state index is 13.4. The van der Waals surface area contributed by atoms with Gasteiger partial charge in [0.05, 0.1) is 18.8 Å². The lowest BCUT2D eigenvalue weighted by atomic mass is 10.1. The number of benzene rings is 3. The van der Waals surface area contributed by atoms with Crippen LogP contribution in [0.4, 0.5) is 0 Å². The van der Waals surface area contributed by atoms with E-state index in [4.69, 9.17) is 21.1 Å². The summed E-state index contributed by atoms with van der Waals surface area (Å²) >= 11 is 5.97. The van der Waals surface area contributed by atoms with E-state index in [0.29, 0.717) is 41.8 Å². The van der Waals surface area contributed by atoms with Crippen LogP contribution in [0.5, 0.6) is 11.5 Å². The van der Waals surface area contributed by atoms with E-state index in [9.17, 15) is 9.59 Å². The molecule has 1 aliphatic heterocycles. The third-order valence-electron chi connectivity index (χ3n) is 5.99. The summed E-state index contributed by atoms with van der Waals surface area (Å²) in [6.07, 6.45) is 0. The van der Waals surface area contributed by atoms with Gasteiger partial charge in [-0.2, -0.15) is 0 Å². The summed E-state index contributed by atoms with van der Waals surface area (Å²) in [5.41, 5.74) is 1.32. The first-order valence-corrected chi connectivity index (χ1v) is 12.3. The number of para-hydroxylation sites is 1. The van der Waals surface area contributed by atoms with Gasteiger partial charge < -0.3 is 24.6 Å². The summed E-state index contributed by atoms with van der Waals surface area (Å²) in [4.78, 5) is 30.7. The molecule has 0 unspecified atom stereocenters. The highest BCUT2D eigenvalue weighted by Gasteiger charge is 2.29. The molecule has 1 saturated heterocycles. The van der Waals surface area contributed by atoms with Crippen molar-refractivity contribution in [2.75, 3.05) is 39.8 Å². The molecule has 1 atom stereocenters. The van der Waals surface area contributed by atoms with Gasteiger partial charge in [0.25, 0.3) is 5.91 Å². The second-order valence-corrected chi connectivity index (χ2v) is 9.14. The predicted octanol–water partition coefficient (Wildman–Crippen LogP) is 4.22. The van der Waals surface area contributed by atoms with Gasteiger partial charge in [-0.05, 0) is 49.0 Å². The van der Waals surface area contributed by atoms with Gasteiger partial charge in [0.1, 0.15) is 17.5 Å². The van der Waals surface area contributed by atoms with Crippen LogP contribution >= 0.6 is 11.6 Å². The van der Waals surface area contributed by atoms with Crippen LogP contribution in [0.1, 0.15) is 15.9 Å². The summed E-state index contributed by atoms with van der Waals surface area (Å²) in [5, 5.41) is 3.49. The highest BCUT2D eigenvalue weighted by Crippen LogP contribution is 2.26. The minimum absolute atomic E-state index is 0.0615. The quantitative estimate of drug-likeness (QED) is 0.469. The molecule has 2 amide bonds. The van der Waals surface area contributed by atoms with Crippen LogP contribution in [-0.2, 0) is 16.1 Å². The molecule has 1 heterocycles. The fraction of sp³-hybridized carbons (Fsp3) is 0.286. The number of nitrogens with zero attached hydrogens (tertiary/aromatic N) is 2. The van der Waals surface area contributed by atoms with Crippen LogP contribution in [0.25, 0.3) is 0 Å². The first-order chi connectivity index (χ1) is 17.5. The normalized spacial score (nSPS) is 14.8. The van der Waals surface area contributed by atoms with Crippen LogP contribution < -0.4 is 10.1 Å². The summed E-state index contributed by atoms with van der Waals surface area (Å²) in [6.45, 7) is 3.20. The van der Waals surface area contributed by atoms with Crippen LogP contribution in [0.15, 0.2) is 78.9 Å². The summed E-state index contributed by atoms with van der Waals surface area (Å²) in [7, 11) is 2.03. The van der Waals surface area contributed by atoms with E-state index in [0.717, 1.165) is 18.7 Å². The molecule has 3 aromatic carbocycles. The molecule has 4 rings (SSSR count). The Balaban J connectivity index is 1.48. The standard InChI is InChI=1S/C28H30ClN3O4/c1-31-15-17-32(18-16-31)28(34)25(20-35-19-21-7-3-2-4-8-21)30-27(33)24-9-5-6-10-26(24)36-23-13-11-22(29)12-14-23/h2-14,25H,15-20H2,1H3,(H,30,33)/t25-/m1/s1. The number of ether oxygens (including phenoxy) is 2. The monoisotopic (exact) mass is 507 g/mol. The van der Waals surface area contributed by atoms with E-state index in [1.165, 1.54) is 0 Å². The second-order valence-electron chi connectivity index (χ2n) is 8.71. The Morgan fingerprint density at radius 3 is 2.31 bits per heavy atom. The second kappa shape index (κ2) is 12.5. The third kappa shape index (κ3) is 7.07. The maximum atomic E-state index is 13.4. The third-order valence-corrected chi connectivity index (χ3v) is 6.24. The van der Waals surface area contributed by atoms with Gasteiger partial charge >= 0.3 is 0 Å². The largest absolute Gasteiger partial charge is 0.457 e. The molecule has 36 heavy (non-hydrogen) atoms. The number of hydrogen-bond donors (Lipinski definition) is 1. The van der Waals surface area contributed by atoms with Crippen LogP contribution in [0, 0.1) is 0 Å². The zero-order valence-electron chi connectivity index (χ0n) is 20.2. The first-order valence-electron chi connectivity index (χ1n) is 11.9. The molecule has 0 saturated carbocycles. The Labute approximate surface area is 216 Å². The molecule has 0 spiro atoms. The minimum Gasteiger partial charge on any atom is -0.457 e. The number of amides is 2. The smallest absolute Gasteiger partial charge is 0.255 e. The highest BCUT2D eigenvalue weighted by atomic mass is 35.5. The summed E-state index contributed by atoms with van der Waals surface area (Å²) in [5.74, 6) is 0.375. The molecule has 1 aliphatic rings. The number of hydrogen-bond acceptors (Lipinski definition) is 5. The van der Waals surface area contributed by atoms with Crippen LogP contribution in [0.3, 0.4) is 0 Å². The molecule has 0 bridgehead atoms. The number of rotatable bonds is 9. The molecule has 3 aromatic rings. The van der Waals surface area contributed by atoms with Crippen molar-refractivity contribution < 1.29 is 19.1 Å². The van der Waals surface area contributed by atoms with Gasteiger partial charge in [-0.25, -0.2) is 0 Å². The van der Waals surface area contributed by atoms with E-state index >= 15 is 0 Å². The van der Waals surface area contributed by atoms with Crippen molar-refractivity contribution in [1.82, 2.24) is 15.1 Å². The number of nitrogens with one attached hydrogen (secondary N) is 1. The van der Waals surface area contributed by atoms with E-state index in [1.807, 2.05) is 37.4 Å². The van der Waals surface area contributed by atoms with E-state index in [1.54, 1.807) is 53.4 Å². The van der Waals surface area contributed by atoms with Crippen LogP contribution in [0.2, 0.25) is 5.02 Å². The lowest BCUT2D eigenvalue weighted by Crippen LogP contribution is -2.55. The minimum atomic E-state index is -0.826. The van der Waals surface area contributed by atoms with Crippen molar-refractivity contribution >= 4 is 23.4 Å². The van der Waals surface area contributed by atoms with E-state index < -0.39 is 11.9 Å². The average Bonchev–Trinajstić information content (AvgIpc) is 2.90. The molecule has 8 heteroatoms. The van der Waals surface area contributed by atoms with Crippen molar-refractivity contribution in [3.63, 3.8) is 0 Å². The van der Waals surface area contributed by atoms with E-state index in [2.05, 4.69) is 10.2 Å². The topological polar surface area (TPSA) is 71.1 Å². The van der Waals surface area contributed by atoms with Gasteiger partial charge in [0, 0.05) is 31.2 Å². The van der Waals surface area contributed by atoms with Crippen molar-refractivity contribution in [3.05, 3.63) is 95.0 Å². The van der Waals surface area contributed by atoms with E-state index in [-0.39, 0.29) is 12.5 Å². The average molecular weight is 508 g/mol. The Morgan fingerprint density at radius 1 is 0.917 bits per heavy atom. The Kier molecular flexibility index (Phi) is 8.95. The predicted molar refractivity (Wildman–Crippen MR) is 139 cm³/mol. The molecular weight excluding hydrogens is 478 g/mol. The number of carbonyl (C=O) groups is 2. The SMILES string of the molecule is CN1CCN(C(=O)[C@@H](COCc2ccccc2)NC(=O)c2ccccc2Oc2ccc(Cl)cc2)CC1. The fourth-order valence-electron chi connectivity index (χ4n) is 3.90. The van der Waals surface area contributed by atoms with Gasteiger partial charge in [-0.1, -0.05) is 54.1 Å². The molecule has 1 N–H and O–H groups in total. The molecule has 188 valence electrons. The van der Waals surface area contributed by atoms with Gasteiger partial charge in [0.15, 0.2) is 0 Å². The fourth-order valence-corrected chi connectivity index (χ4v) is 4.03. The van der Waals surface area contributed by atoms with Gasteiger partial charge in [-0.3, -0.25) is 9.59 Å². The van der Waals surface area contributed by atoms with Gasteiger partial charge in [-0.15, -0.1) is 0 Å². The van der Waals surface area contributed by atoms with Crippen molar-refractivity contribution in [2.45, 2.75) is 12.6 Å². The summed E-state index contributed by atoms with van der Waals surface area (Å²) < 4.78 is 11.8. The molecule has 0 aliphatic carbocycles. The highest BCUT2D eigenvalue weighted by molar-refractivity contribution is 6.30. The molecule has 1 fully saturated rings. The Bertz CT molecular complexity index is 1150. The Hall–Kier alpha value is -3.39. The molecule has 0 radical (unpaired) electrons. The van der Waals surface area contributed by atoms with Gasteiger partial charge in [0.2, 0.25) is 5.91 Å². The number of likely N-dealkylation sites (N-methyl/N-ethyl adjacent to an activating group) is 1. The number of piperazine rings is 1. The molecular formula is C28H30ClN3O4. The van der Waals surface area contributed by atoms with Crippen molar-refractivity contribution in [3.8, 4) is 11.5 Å². The maximum Gasteiger partial charge on any atom is 0.255 e. The zero-order valence-corrected chi connectivity index (χ0v) is 21.0. The van der Waals surface area contributed by atoms with Crippen molar-refractivity contribution in [2.24, 2.45) is 0 Å². The lowest BCUT2D eigenvalue weighted by molar-refractivity contribution is -0.136.